The number of aryl methyl sites for hydroxylation is 1. The molecule has 0 spiro atoms. The molecule has 1 aromatic rings. The van der Waals surface area contributed by atoms with Gasteiger partial charge in [0, 0.05) is 17.4 Å². The van der Waals surface area contributed by atoms with Gasteiger partial charge in [-0.25, -0.2) is 0 Å². The summed E-state index contributed by atoms with van der Waals surface area (Å²) in [6.07, 6.45) is 6.80. The molecule has 1 aliphatic carbocycles. The monoisotopic (exact) mass is 372 g/mol. The van der Waals surface area contributed by atoms with E-state index in [0.717, 1.165) is 31.3 Å². The van der Waals surface area contributed by atoms with E-state index in [0.29, 0.717) is 29.6 Å². The topological polar surface area (TPSA) is 74.6 Å². The Hall–Kier alpha value is -2.10. The van der Waals surface area contributed by atoms with Crippen LogP contribution in [0.1, 0.15) is 74.9 Å². The van der Waals surface area contributed by atoms with Crippen LogP contribution in [0.5, 0.6) is 11.5 Å². The van der Waals surface area contributed by atoms with Gasteiger partial charge in [-0.2, -0.15) is 0 Å². The van der Waals surface area contributed by atoms with Crippen molar-refractivity contribution in [3.63, 3.8) is 0 Å². The van der Waals surface area contributed by atoms with Gasteiger partial charge in [0.1, 0.15) is 17.3 Å². The third kappa shape index (κ3) is 4.42. The minimum absolute atomic E-state index is 0.0248. The second-order valence-electron chi connectivity index (χ2n) is 8.55. The lowest BCUT2D eigenvalue weighted by molar-refractivity contribution is -0.133. The van der Waals surface area contributed by atoms with Crippen molar-refractivity contribution in [2.45, 2.75) is 66.7 Å². The van der Waals surface area contributed by atoms with E-state index >= 15 is 0 Å². The molecule has 0 heterocycles. The summed E-state index contributed by atoms with van der Waals surface area (Å²) in [5.41, 5.74) is 2.34. The first-order valence-corrected chi connectivity index (χ1v) is 9.79. The highest BCUT2D eigenvalue weighted by Gasteiger charge is 2.41. The maximum atomic E-state index is 12.4. The molecule has 3 unspecified atom stereocenters. The molecular weight excluding hydrogens is 340 g/mol. The summed E-state index contributed by atoms with van der Waals surface area (Å²) >= 11 is 0. The summed E-state index contributed by atoms with van der Waals surface area (Å²) < 4.78 is 0. The smallest absolute Gasteiger partial charge is 0.153 e. The van der Waals surface area contributed by atoms with Crippen LogP contribution in [0.4, 0.5) is 0 Å². The highest BCUT2D eigenvalue weighted by molar-refractivity contribution is 5.84. The molecule has 148 valence electrons. The normalized spacial score (nSPS) is 26.3. The van der Waals surface area contributed by atoms with Gasteiger partial charge in [-0.3, -0.25) is 9.59 Å². The molecule has 0 aliphatic heterocycles. The Morgan fingerprint density at radius 2 is 1.96 bits per heavy atom. The molecule has 0 amide bonds. The Balaban J connectivity index is 2.08. The van der Waals surface area contributed by atoms with Gasteiger partial charge in [-0.1, -0.05) is 32.4 Å². The minimum Gasteiger partial charge on any atom is -0.507 e. The van der Waals surface area contributed by atoms with E-state index in [-0.39, 0.29) is 34.3 Å². The molecule has 27 heavy (non-hydrogen) atoms. The molecule has 4 heteroatoms. The van der Waals surface area contributed by atoms with Crippen molar-refractivity contribution in [1.82, 2.24) is 0 Å². The highest BCUT2D eigenvalue weighted by atomic mass is 16.3. The Labute approximate surface area is 162 Å². The number of aldehydes is 1. The standard InChI is InChI=1S/C23H32O4/c1-14(8-10-23(5)11-9-15(2)20(25)17(23)4)6-7-19-21(26)16(3)12-18(13-24)22(19)27/h6,12-13,15,17,26-27H,7-11H2,1-5H3. The van der Waals surface area contributed by atoms with Gasteiger partial charge in [-0.15, -0.1) is 0 Å². The zero-order valence-corrected chi connectivity index (χ0v) is 17.1. The molecule has 1 aromatic carbocycles. The van der Waals surface area contributed by atoms with Crippen molar-refractivity contribution in [1.29, 1.82) is 0 Å². The fourth-order valence-electron chi connectivity index (χ4n) is 4.06. The Morgan fingerprint density at radius 1 is 1.30 bits per heavy atom. The SMILES string of the molecule is CC(=CCc1c(O)c(C)cc(C=O)c1O)CCC1(C)CCC(C)C(=O)C1C. The van der Waals surface area contributed by atoms with Crippen LogP contribution in [0.15, 0.2) is 17.7 Å². The van der Waals surface area contributed by atoms with Gasteiger partial charge in [0.2, 0.25) is 0 Å². The lowest BCUT2D eigenvalue weighted by Gasteiger charge is -2.41. The number of phenols is 2. The molecule has 4 nitrogen and oxygen atoms in total. The summed E-state index contributed by atoms with van der Waals surface area (Å²) in [6, 6.07) is 1.49. The fraction of sp³-hybridized carbons (Fsp3) is 0.565. The lowest BCUT2D eigenvalue weighted by Crippen LogP contribution is -2.39. The van der Waals surface area contributed by atoms with E-state index in [4.69, 9.17) is 0 Å². The van der Waals surface area contributed by atoms with Crippen LogP contribution in [0.3, 0.4) is 0 Å². The number of hydrogen-bond donors (Lipinski definition) is 2. The molecule has 2 N–H and O–H groups in total. The van der Waals surface area contributed by atoms with Crippen LogP contribution in [0, 0.1) is 24.2 Å². The number of Topliss-reactive ketones (excluding diaryl/α,β-unsaturated/α-hetero) is 1. The second kappa shape index (κ2) is 8.28. The molecule has 1 aliphatic rings. The van der Waals surface area contributed by atoms with Crippen molar-refractivity contribution in [3.05, 3.63) is 34.4 Å². The molecule has 1 fully saturated rings. The highest BCUT2D eigenvalue weighted by Crippen LogP contribution is 2.45. The van der Waals surface area contributed by atoms with Crippen LogP contribution in [0.2, 0.25) is 0 Å². The molecule has 1 saturated carbocycles. The lowest BCUT2D eigenvalue weighted by atomic mass is 9.62. The van der Waals surface area contributed by atoms with E-state index in [1.807, 2.05) is 19.9 Å². The van der Waals surface area contributed by atoms with Crippen LogP contribution >= 0.6 is 0 Å². The number of ketones is 1. The number of carbonyl (C=O) groups excluding carboxylic acids is 2. The molecule has 2 rings (SSSR count). The van der Waals surface area contributed by atoms with Gasteiger partial charge in [-0.05, 0) is 63.0 Å². The number of aromatic hydroxyl groups is 2. The minimum atomic E-state index is -0.149. The predicted molar refractivity (Wildman–Crippen MR) is 107 cm³/mol. The molecule has 0 bridgehead atoms. The maximum absolute atomic E-state index is 12.4. The van der Waals surface area contributed by atoms with Crippen molar-refractivity contribution >= 4 is 12.1 Å². The van der Waals surface area contributed by atoms with Crippen LogP contribution in [-0.2, 0) is 11.2 Å². The summed E-state index contributed by atoms with van der Waals surface area (Å²) in [6.45, 7) is 10.0. The number of benzene rings is 1. The largest absolute Gasteiger partial charge is 0.507 e. The summed E-state index contributed by atoms with van der Waals surface area (Å²) in [7, 11) is 0. The first-order valence-electron chi connectivity index (χ1n) is 9.79. The van der Waals surface area contributed by atoms with Crippen molar-refractivity contribution < 1.29 is 19.8 Å². The average molecular weight is 373 g/mol. The van der Waals surface area contributed by atoms with Crippen LogP contribution in [0.25, 0.3) is 0 Å². The van der Waals surface area contributed by atoms with Gasteiger partial charge < -0.3 is 10.2 Å². The van der Waals surface area contributed by atoms with Crippen molar-refractivity contribution in [2.75, 3.05) is 0 Å². The van der Waals surface area contributed by atoms with E-state index in [9.17, 15) is 19.8 Å². The second-order valence-corrected chi connectivity index (χ2v) is 8.55. The van der Waals surface area contributed by atoms with Crippen LogP contribution < -0.4 is 0 Å². The molecule has 0 saturated heterocycles. The number of phenolic OH excluding ortho intramolecular Hbond substituents is 2. The van der Waals surface area contributed by atoms with Gasteiger partial charge >= 0.3 is 0 Å². The van der Waals surface area contributed by atoms with Gasteiger partial charge in [0.25, 0.3) is 0 Å². The van der Waals surface area contributed by atoms with E-state index in [1.165, 1.54) is 6.07 Å². The summed E-state index contributed by atoms with van der Waals surface area (Å²) in [5.74, 6) is 0.513. The average Bonchev–Trinajstić information content (AvgIpc) is 2.64. The molecule has 0 aromatic heterocycles. The maximum Gasteiger partial charge on any atom is 0.153 e. The fourth-order valence-corrected chi connectivity index (χ4v) is 4.06. The van der Waals surface area contributed by atoms with Gasteiger partial charge in [0.05, 0.1) is 5.56 Å². The molecular formula is C23H32O4. The summed E-state index contributed by atoms with van der Waals surface area (Å²) in [5, 5.41) is 20.4. The van der Waals surface area contributed by atoms with E-state index in [1.54, 1.807) is 6.92 Å². The van der Waals surface area contributed by atoms with Gasteiger partial charge in [0.15, 0.2) is 6.29 Å². The Bertz CT molecular complexity index is 762. The Morgan fingerprint density at radius 3 is 2.59 bits per heavy atom. The Kier molecular flexibility index (Phi) is 6.50. The zero-order valence-electron chi connectivity index (χ0n) is 17.1. The molecule has 3 atom stereocenters. The third-order valence-electron chi connectivity index (χ3n) is 6.57. The zero-order chi connectivity index (χ0) is 20.4. The van der Waals surface area contributed by atoms with Crippen molar-refractivity contribution in [2.24, 2.45) is 17.3 Å². The number of hydrogen-bond acceptors (Lipinski definition) is 4. The first-order chi connectivity index (χ1) is 12.6. The third-order valence-corrected chi connectivity index (χ3v) is 6.57. The van der Waals surface area contributed by atoms with E-state index in [2.05, 4.69) is 13.8 Å². The molecule has 0 radical (unpaired) electrons. The van der Waals surface area contributed by atoms with Crippen molar-refractivity contribution in [3.8, 4) is 11.5 Å². The summed E-state index contributed by atoms with van der Waals surface area (Å²) in [4.78, 5) is 23.5. The first kappa shape index (κ1) is 21.2. The quantitative estimate of drug-likeness (QED) is 0.536. The van der Waals surface area contributed by atoms with Crippen LogP contribution in [-0.4, -0.2) is 22.3 Å². The van der Waals surface area contributed by atoms with E-state index < -0.39 is 0 Å². The number of allylic oxidation sites excluding steroid dienone is 2. The number of rotatable bonds is 6. The predicted octanol–water partition coefficient (Wildman–Crippen LogP) is 5.13. The number of carbonyl (C=O) groups is 2.